The second-order valence-corrected chi connectivity index (χ2v) is 6.63. The topological polar surface area (TPSA) is 74.7 Å². The van der Waals surface area contributed by atoms with Gasteiger partial charge in [-0.1, -0.05) is 19.1 Å². The van der Waals surface area contributed by atoms with Crippen molar-refractivity contribution in [2.75, 3.05) is 13.1 Å². The van der Waals surface area contributed by atoms with Crippen LogP contribution < -0.4 is 0 Å². The summed E-state index contributed by atoms with van der Waals surface area (Å²) in [4.78, 5) is 10.7. The van der Waals surface area contributed by atoms with E-state index in [-0.39, 0.29) is 22.9 Å². The number of carbonyl (C=O) groups is 1. The summed E-state index contributed by atoms with van der Waals surface area (Å²) < 4.78 is 25.8. The highest BCUT2D eigenvalue weighted by Crippen LogP contribution is 2.25. The minimum absolute atomic E-state index is 0.150. The van der Waals surface area contributed by atoms with E-state index in [0.717, 1.165) is 11.3 Å². The quantitative estimate of drug-likeness (QED) is 0.813. The van der Waals surface area contributed by atoms with Crippen LogP contribution >= 0.6 is 11.3 Å². The van der Waals surface area contributed by atoms with E-state index in [4.69, 9.17) is 5.11 Å². The molecule has 1 rings (SSSR count). The van der Waals surface area contributed by atoms with Crippen LogP contribution in [0.2, 0.25) is 0 Å². The number of carboxylic acid groups (broad SMARTS) is 1. The Morgan fingerprint density at radius 3 is 2.61 bits per heavy atom. The number of aromatic carboxylic acids is 1. The molecule has 5 nitrogen and oxygen atoms in total. The Hall–Kier alpha value is -1.18. The molecule has 0 radical (unpaired) electrons. The van der Waals surface area contributed by atoms with Crippen molar-refractivity contribution in [3.63, 3.8) is 0 Å². The van der Waals surface area contributed by atoms with Gasteiger partial charge in [0.2, 0.25) is 10.0 Å². The maximum absolute atomic E-state index is 12.3. The fourth-order valence-corrected chi connectivity index (χ4v) is 4.21. The number of rotatable bonds is 6. The first-order chi connectivity index (χ1) is 8.30. The molecule has 7 heteroatoms. The average Bonchev–Trinajstić information content (AvgIpc) is 2.74. The van der Waals surface area contributed by atoms with Crippen molar-refractivity contribution in [2.45, 2.75) is 18.7 Å². The highest BCUT2D eigenvalue weighted by molar-refractivity contribution is 7.89. The third-order valence-corrected chi connectivity index (χ3v) is 5.23. The SMILES string of the molecule is C=C(C)CN(CC)S(=O)(=O)c1ccsc1C(=O)O. The van der Waals surface area contributed by atoms with Crippen molar-refractivity contribution in [2.24, 2.45) is 0 Å². The van der Waals surface area contributed by atoms with E-state index in [1.165, 1.54) is 15.8 Å². The lowest BCUT2D eigenvalue weighted by molar-refractivity contribution is 0.0698. The molecule has 1 N–H and O–H groups in total. The van der Waals surface area contributed by atoms with E-state index in [9.17, 15) is 13.2 Å². The van der Waals surface area contributed by atoms with E-state index >= 15 is 0 Å². The first-order valence-electron chi connectivity index (χ1n) is 5.26. The number of thiophene rings is 1. The number of hydrogen-bond acceptors (Lipinski definition) is 4. The summed E-state index contributed by atoms with van der Waals surface area (Å²) >= 11 is 0.903. The van der Waals surface area contributed by atoms with Crippen LogP contribution in [0.15, 0.2) is 28.5 Å². The summed E-state index contributed by atoms with van der Waals surface area (Å²) in [5, 5.41) is 10.4. The van der Waals surface area contributed by atoms with Gasteiger partial charge >= 0.3 is 5.97 Å². The zero-order valence-corrected chi connectivity index (χ0v) is 11.8. The predicted molar refractivity (Wildman–Crippen MR) is 70.5 cm³/mol. The molecular formula is C11H15NO4S2. The van der Waals surface area contributed by atoms with Crippen molar-refractivity contribution in [1.29, 1.82) is 0 Å². The van der Waals surface area contributed by atoms with Gasteiger partial charge in [-0.05, 0) is 18.4 Å². The Balaban J connectivity index is 3.23. The number of likely N-dealkylation sites (N-methyl/N-ethyl adjacent to an activating group) is 1. The fourth-order valence-electron chi connectivity index (χ4n) is 1.46. The highest BCUT2D eigenvalue weighted by Gasteiger charge is 2.29. The fraction of sp³-hybridized carbons (Fsp3) is 0.364. The standard InChI is InChI=1S/C11H15NO4S2/c1-4-12(7-8(2)3)18(15,16)9-5-6-17-10(9)11(13)14/h5-6H,2,4,7H2,1,3H3,(H,13,14). The minimum atomic E-state index is -3.78. The van der Waals surface area contributed by atoms with Gasteiger partial charge in [0.25, 0.3) is 0 Å². The molecule has 1 aromatic heterocycles. The van der Waals surface area contributed by atoms with Gasteiger partial charge in [0.1, 0.15) is 9.77 Å². The maximum Gasteiger partial charge on any atom is 0.347 e. The van der Waals surface area contributed by atoms with Crippen molar-refractivity contribution in [1.82, 2.24) is 4.31 Å². The summed E-state index contributed by atoms with van der Waals surface area (Å²) in [5.41, 5.74) is 0.701. The molecule has 0 saturated carbocycles. The molecule has 0 aliphatic rings. The molecule has 1 heterocycles. The lowest BCUT2D eigenvalue weighted by Gasteiger charge is -2.20. The van der Waals surface area contributed by atoms with Crippen LogP contribution in [0.3, 0.4) is 0 Å². The van der Waals surface area contributed by atoms with Gasteiger partial charge in [-0.15, -0.1) is 11.3 Å². The molecule has 0 spiro atoms. The first kappa shape index (κ1) is 14.9. The zero-order chi connectivity index (χ0) is 13.9. The van der Waals surface area contributed by atoms with Crippen LogP contribution in [0, 0.1) is 0 Å². The number of carboxylic acids is 1. The molecule has 0 aromatic carbocycles. The molecule has 0 atom stereocenters. The van der Waals surface area contributed by atoms with E-state index in [1.54, 1.807) is 13.8 Å². The number of hydrogen-bond donors (Lipinski definition) is 1. The molecule has 1 aromatic rings. The number of sulfonamides is 1. The van der Waals surface area contributed by atoms with Crippen LogP contribution in [-0.4, -0.2) is 36.9 Å². The number of nitrogens with zero attached hydrogens (tertiary/aromatic N) is 1. The second-order valence-electron chi connectivity index (χ2n) is 3.81. The Bertz CT molecular complexity index is 559. The highest BCUT2D eigenvalue weighted by atomic mass is 32.2. The molecular weight excluding hydrogens is 274 g/mol. The van der Waals surface area contributed by atoms with Crippen LogP contribution in [0.25, 0.3) is 0 Å². The molecule has 0 fully saturated rings. The van der Waals surface area contributed by atoms with Crippen LogP contribution in [0.5, 0.6) is 0 Å². The minimum Gasteiger partial charge on any atom is -0.477 e. The second kappa shape index (κ2) is 5.64. The molecule has 0 aliphatic heterocycles. The zero-order valence-electron chi connectivity index (χ0n) is 10.2. The van der Waals surface area contributed by atoms with Crippen molar-refractivity contribution in [3.8, 4) is 0 Å². The van der Waals surface area contributed by atoms with Crippen LogP contribution in [0.4, 0.5) is 0 Å². The Labute approximate surface area is 110 Å². The smallest absolute Gasteiger partial charge is 0.347 e. The third kappa shape index (κ3) is 2.98. The largest absolute Gasteiger partial charge is 0.477 e. The Morgan fingerprint density at radius 2 is 2.17 bits per heavy atom. The predicted octanol–water partition coefficient (Wildman–Crippen LogP) is 2.03. The third-order valence-electron chi connectivity index (χ3n) is 2.24. The van der Waals surface area contributed by atoms with Crippen molar-refractivity contribution in [3.05, 3.63) is 28.5 Å². The Morgan fingerprint density at radius 1 is 1.56 bits per heavy atom. The van der Waals surface area contributed by atoms with Crippen molar-refractivity contribution < 1.29 is 18.3 Å². The van der Waals surface area contributed by atoms with E-state index in [2.05, 4.69) is 6.58 Å². The summed E-state index contributed by atoms with van der Waals surface area (Å²) in [5.74, 6) is -1.23. The van der Waals surface area contributed by atoms with E-state index in [0.29, 0.717) is 5.57 Å². The lowest BCUT2D eigenvalue weighted by Crippen LogP contribution is -2.32. The van der Waals surface area contributed by atoms with Gasteiger partial charge in [-0.2, -0.15) is 4.31 Å². The van der Waals surface area contributed by atoms with Gasteiger partial charge in [0.05, 0.1) is 0 Å². The van der Waals surface area contributed by atoms with Crippen molar-refractivity contribution >= 4 is 27.3 Å². The first-order valence-corrected chi connectivity index (χ1v) is 7.58. The van der Waals surface area contributed by atoms with Gasteiger partial charge < -0.3 is 5.11 Å². The van der Waals surface area contributed by atoms with Gasteiger partial charge in [-0.25, -0.2) is 13.2 Å². The summed E-state index contributed by atoms with van der Waals surface area (Å²) in [7, 11) is -3.78. The Kier molecular flexibility index (Phi) is 4.66. The lowest BCUT2D eigenvalue weighted by atomic mass is 10.3. The molecule has 0 unspecified atom stereocenters. The molecule has 18 heavy (non-hydrogen) atoms. The van der Waals surface area contributed by atoms with Gasteiger partial charge in [0.15, 0.2) is 0 Å². The summed E-state index contributed by atoms with van der Waals surface area (Å²) in [6.07, 6.45) is 0. The summed E-state index contributed by atoms with van der Waals surface area (Å²) in [6.45, 7) is 7.56. The molecule has 0 amide bonds. The average molecular weight is 289 g/mol. The van der Waals surface area contributed by atoms with Gasteiger partial charge in [-0.3, -0.25) is 0 Å². The van der Waals surface area contributed by atoms with E-state index < -0.39 is 16.0 Å². The van der Waals surface area contributed by atoms with Crippen LogP contribution in [-0.2, 0) is 10.0 Å². The van der Waals surface area contributed by atoms with Gasteiger partial charge in [0, 0.05) is 13.1 Å². The summed E-state index contributed by atoms with van der Waals surface area (Å²) in [6, 6.07) is 1.32. The van der Waals surface area contributed by atoms with Crippen LogP contribution in [0.1, 0.15) is 23.5 Å². The molecule has 0 bridgehead atoms. The molecule has 0 saturated heterocycles. The monoisotopic (exact) mass is 289 g/mol. The molecule has 100 valence electrons. The van der Waals surface area contributed by atoms with E-state index in [1.807, 2.05) is 0 Å². The normalized spacial score (nSPS) is 11.7. The maximum atomic E-state index is 12.3. The molecule has 0 aliphatic carbocycles.